The lowest BCUT2D eigenvalue weighted by atomic mass is 10.3. The number of amides is 1. The van der Waals surface area contributed by atoms with Gasteiger partial charge in [0.15, 0.2) is 0 Å². The summed E-state index contributed by atoms with van der Waals surface area (Å²) in [5.74, 6) is -0.472. The lowest BCUT2D eigenvalue weighted by Crippen LogP contribution is -2.38. The maximum Gasteiger partial charge on any atom is 0.305 e. The van der Waals surface area contributed by atoms with Crippen molar-refractivity contribution in [3.63, 3.8) is 0 Å². The average molecular weight is 188 g/mol. The topological polar surface area (TPSA) is 81.4 Å². The molecule has 0 aliphatic rings. The van der Waals surface area contributed by atoms with Crippen LogP contribution in [0.4, 0.5) is 0 Å². The first-order chi connectivity index (χ1) is 6.07. The number of nitrogens with one attached hydrogen (secondary N) is 1. The van der Waals surface area contributed by atoms with E-state index in [2.05, 4.69) is 10.1 Å². The van der Waals surface area contributed by atoms with Crippen molar-refractivity contribution in [2.24, 2.45) is 5.73 Å². The zero-order chi connectivity index (χ0) is 10.3. The van der Waals surface area contributed by atoms with E-state index >= 15 is 0 Å². The van der Waals surface area contributed by atoms with Crippen molar-refractivity contribution in [1.82, 2.24) is 5.32 Å². The molecule has 0 radical (unpaired) electrons. The van der Waals surface area contributed by atoms with Gasteiger partial charge in [0.1, 0.15) is 0 Å². The Balaban J connectivity index is 3.36. The van der Waals surface area contributed by atoms with Crippen LogP contribution >= 0.6 is 0 Å². The van der Waals surface area contributed by atoms with Gasteiger partial charge in [-0.25, -0.2) is 0 Å². The van der Waals surface area contributed by atoms with Gasteiger partial charge in [0, 0.05) is 13.0 Å². The van der Waals surface area contributed by atoms with Crippen molar-refractivity contribution >= 4 is 11.9 Å². The predicted molar refractivity (Wildman–Crippen MR) is 47.9 cm³/mol. The Bertz CT molecular complexity index is 180. The lowest BCUT2D eigenvalue weighted by molar-refractivity contribution is -0.140. The van der Waals surface area contributed by atoms with Gasteiger partial charge in [-0.1, -0.05) is 0 Å². The molecule has 0 heterocycles. The molecule has 5 nitrogen and oxygen atoms in total. The second-order valence-electron chi connectivity index (χ2n) is 2.76. The summed E-state index contributed by atoms with van der Waals surface area (Å²) >= 11 is 0. The molecular weight excluding hydrogens is 172 g/mol. The molecule has 0 aliphatic heterocycles. The van der Waals surface area contributed by atoms with Gasteiger partial charge in [0.25, 0.3) is 0 Å². The second kappa shape index (κ2) is 6.42. The summed E-state index contributed by atoms with van der Waals surface area (Å²) < 4.78 is 4.43. The van der Waals surface area contributed by atoms with E-state index in [-0.39, 0.29) is 11.9 Å². The van der Waals surface area contributed by atoms with Crippen molar-refractivity contribution in [2.75, 3.05) is 13.7 Å². The van der Waals surface area contributed by atoms with Gasteiger partial charge >= 0.3 is 5.97 Å². The lowest BCUT2D eigenvalue weighted by Gasteiger charge is -2.06. The maximum atomic E-state index is 10.9. The van der Waals surface area contributed by atoms with Gasteiger partial charge in [-0.2, -0.15) is 0 Å². The summed E-state index contributed by atoms with van der Waals surface area (Å²) in [7, 11) is 1.34. The highest BCUT2D eigenvalue weighted by Gasteiger charge is 2.06. The molecule has 5 heteroatoms. The molecule has 76 valence electrons. The minimum Gasteiger partial charge on any atom is -0.469 e. The van der Waals surface area contributed by atoms with Crippen LogP contribution in [-0.4, -0.2) is 31.6 Å². The molecule has 0 aliphatic carbocycles. The number of hydrogen-bond acceptors (Lipinski definition) is 4. The van der Waals surface area contributed by atoms with E-state index in [1.807, 2.05) is 0 Å². The fraction of sp³-hybridized carbons (Fsp3) is 0.750. The first-order valence-electron chi connectivity index (χ1n) is 4.18. The summed E-state index contributed by atoms with van der Waals surface area (Å²) in [6.45, 7) is 2.06. The van der Waals surface area contributed by atoms with Crippen molar-refractivity contribution < 1.29 is 14.3 Å². The largest absolute Gasteiger partial charge is 0.469 e. The van der Waals surface area contributed by atoms with Crippen LogP contribution in [0.15, 0.2) is 0 Å². The van der Waals surface area contributed by atoms with E-state index in [1.165, 1.54) is 7.11 Å². The first kappa shape index (κ1) is 11.9. The van der Waals surface area contributed by atoms with Gasteiger partial charge in [-0.15, -0.1) is 0 Å². The molecule has 0 fully saturated rings. The molecule has 0 aromatic heterocycles. The zero-order valence-corrected chi connectivity index (χ0v) is 8.00. The minimum absolute atomic E-state index is 0.204. The summed E-state index contributed by atoms with van der Waals surface area (Å²) in [6, 6.07) is -0.502. The van der Waals surface area contributed by atoms with Crippen LogP contribution in [0.2, 0.25) is 0 Å². The Kier molecular flexibility index (Phi) is 5.88. The first-order valence-corrected chi connectivity index (χ1v) is 4.18. The molecule has 0 bridgehead atoms. The predicted octanol–water partition coefficient (Wildman–Crippen LogP) is -0.597. The highest BCUT2D eigenvalue weighted by molar-refractivity contribution is 5.80. The van der Waals surface area contributed by atoms with E-state index < -0.39 is 6.04 Å². The molecule has 1 atom stereocenters. The normalized spacial score (nSPS) is 11.9. The summed E-state index contributed by atoms with van der Waals surface area (Å²) in [6.07, 6.45) is 0.890. The Labute approximate surface area is 77.6 Å². The third-order valence-electron chi connectivity index (χ3n) is 1.50. The van der Waals surface area contributed by atoms with Gasteiger partial charge in [0.05, 0.1) is 13.2 Å². The maximum absolute atomic E-state index is 10.9. The van der Waals surface area contributed by atoms with Gasteiger partial charge in [0.2, 0.25) is 5.91 Å². The number of ether oxygens (including phenoxy) is 1. The molecular formula is C8H16N2O3. The summed E-state index contributed by atoms with van der Waals surface area (Å²) in [4.78, 5) is 21.5. The number of hydrogen-bond donors (Lipinski definition) is 2. The van der Waals surface area contributed by atoms with Crippen LogP contribution in [0.3, 0.4) is 0 Å². The monoisotopic (exact) mass is 188 g/mol. The van der Waals surface area contributed by atoms with Crippen molar-refractivity contribution in [3.05, 3.63) is 0 Å². The minimum atomic E-state index is -0.502. The number of carbonyl (C=O) groups is 2. The Hall–Kier alpha value is -1.10. The Morgan fingerprint density at radius 3 is 2.62 bits per heavy atom. The van der Waals surface area contributed by atoms with E-state index in [1.54, 1.807) is 6.92 Å². The molecule has 0 aromatic carbocycles. The smallest absolute Gasteiger partial charge is 0.305 e. The SMILES string of the molecule is COC(=O)CCCNC(=O)[C@@H](C)N. The van der Waals surface area contributed by atoms with E-state index in [0.717, 1.165) is 0 Å². The molecule has 0 rings (SSSR count). The Morgan fingerprint density at radius 2 is 2.15 bits per heavy atom. The van der Waals surface area contributed by atoms with E-state index in [9.17, 15) is 9.59 Å². The van der Waals surface area contributed by atoms with Crippen LogP contribution in [0, 0.1) is 0 Å². The molecule has 3 N–H and O–H groups in total. The quantitative estimate of drug-likeness (QED) is 0.446. The molecule has 13 heavy (non-hydrogen) atoms. The molecule has 0 saturated carbocycles. The van der Waals surface area contributed by atoms with Gasteiger partial charge in [-0.3, -0.25) is 9.59 Å². The van der Waals surface area contributed by atoms with Crippen LogP contribution in [0.5, 0.6) is 0 Å². The number of nitrogens with two attached hydrogens (primary N) is 1. The van der Waals surface area contributed by atoms with Crippen molar-refractivity contribution in [2.45, 2.75) is 25.8 Å². The van der Waals surface area contributed by atoms with Gasteiger partial charge < -0.3 is 15.8 Å². The van der Waals surface area contributed by atoms with E-state index in [4.69, 9.17) is 5.73 Å². The molecule has 0 saturated heterocycles. The third kappa shape index (κ3) is 6.10. The van der Waals surface area contributed by atoms with Crippen LogP contribution in [-0.2, 0) is 14.3 Å². The van der Waals surface area contributed by atoms with Crippen molar-refractivity contribution in [1.29, 1.82) is 0 Å². The average Bonchev–Trinajstić information content (AvgIpc) is 2.11. The number of rotatable bonds is 5. The fourth-order valence-corrected chi connectivity index (χ4v) is 0.707. The number of carbonyl (C=O) groups excluding carboxylic acids is 2. The van der Waals surface area contributed by atoms with Crippen LogP contribution < -0.4 is 11.1 Å². The highest BCUT2D eigenvalue weighted by Crippen LogP contribution is 1.89. The van der Waals surface area contributed by atoms with Gasteiger partial charge in [-0.05, 0) is 13.3 Å². The summed E-state index contributed by atoms with van der Waals surface area (Å²) in [5, 5.41) is 2.59. The molecule has 0 aromatic rings. The number of esters is 1. The molecule has 0 unspecified atom stereocenters. The third-order valence-corrected chi connectivity index (χ3v) is 1.50. The van der Waals surface area contributed by atoms with Crippen LogP contribution in [0.25, 0.3) is 0 Å². The fourth-order valence-electron chi connectivity index (χ4n) is 0.707. The molecule has 1 amide bonds. The second-order valence-corrected chi connectivity index (χ2v) is 2.76. The van der Waals surface area contributed by atoms with Crippen LogP contribution in [0.1, 0.15) is 19.8 Å². The summed E-state index contributed by atoms with van der Waals surface area (Å²) in [5.41, 5.74) is 5.30. The Morgan fingerprint density at radius 1 is 1.54 bits per heavy atom. The standard InChI is InChI=1S/C8H16N2O3/c1-6(9)8(12)10-5-3-4-7(11)13-2/h6H,3-5,9H2,1-2H3,(H,10,12)/t6-/m1/s1. The number of methoxy groups -OCH3 is 1. The van der Waals surface area contributed by atoms with E-state index in [0.29, 0.717) is 19.4 Å². The highest BCUT2D eigenvalue weighted by atomic mass is 16.5. The van der Waals surface area contributed by atoms with Crippen molar-refractivity contribution in [3.8, 4) is 0 Å². The zero-order valence-electron chi connectivity index (χ0n) is 8.00. The molecule has 0 spiro atoms.